The van der Waals surface area contributed by atoms with E-state index in [0.717, 1.165) is 0 Å². The van der Waals surface area contributed by atoms with Gasteiger partial charge in [-0.05, 0) is 0 Å². The molecule has 0 saturated heterocycles. The molecule has 1 aliphatic rings. The van der Waals surface area contributed by atoms with E-state index in [1.807, 2.05) is 0 Å². The summed E-state index contributed by atoms with van der Waals surface area (Å²) < 4.78 is 47.4. The Hall–Kier alpha value is -1.14. The maximum Gasteiger partial charge on any atom is 0.367 e. The Kier molecular flexibility index (Phi) is 1.79. The maximum absolute atomic E-state index is 12.2. The monoisotopic (exact) mass is 168 g/mol. The Morgan fingerprint density at radius 1 is 1.36 bits per heavy atom. The third-order valence-corrected chi connectivity index (χ3v) is 0.956. The Morgan fingerprint density at radius 2 is 2.00 bits per heavy atom. The fourth-order valence-electron chi connectivity index (χ4n) is 0.437. The lowest BCUT2D eigenvalue weighted by molar-refractivity contribution is -0.0756. The van der Waals surface area contributed by atoms with Gasteiger partial charge in [0.2, 0.25) is 5.84 Å². The van der Waals surface area contributed by atoms with Crippen LogP contribution < -0.4 is 5.43 Å². The molecule has 0 aromatic heterocycles. The van der Waals surface area contributed by atoms with Crippen molar-refractivity contribution in [3.8, 4) is 0 Å². The smallest absolute Gasteiger partial charge is 0.212 e. The van der Waals surface area contributed by atoms with E-state index in [9.17, 15) is 17.6 Å². The lowest BCUT2D eigenvalue weighted by atomic mass is 10.3. The molecular formula is C4H2F4N3. The molecule has 11 heavy (non-hydrogen) atoms. The summed E-state index contributed by atoms with van der Waals surface area (Å²) >= 11 is 0. The Labute approximate surface area is 58.8 Å². The van der Waals surface area contributed by atoms with Gasteiger partial charge in [0.25, 0.3) is 0 Å². The third kappa shape index (κ3) is 1.31. The number of amidine groups is 1. The zero-order valence-electron chi connectivity index (χ0n) is 5.01. The van der Waals surface area contributed by atoms with Crippen molar-refractivity contribution in [2.24, 2.45) is 10.1 Å². The molecule has 61 valence electrons. The molecule has 0 fully saturated rings. The van der Waals surface area contributed by atoms with Crippen molar-refractivity contribution in [3.63, 3.8) is 0 Å². The van der Waals surface area contributed by atoms with Crippen molar-refractivity contribution in [2.45, 2.75) is 12.3 Å². The van der Waals surface area contributed by atoms with Crippen molar-refractivity contribution in [1.82, 2.24) is 5.43 Å². The Bertz CT molecular complexity index is 209. The molecule has 1 heterocycles. The predicted molar refractivity (Wildman–Crippen MR) is 29.0 cm³/mol. The van der Waals surface area contributed by atoms with Gasteiger partial charge >= 0.3 is 12.3 Å². The summed E-state index contributed by atoms with van der Waals surface area (Å²) in [5.74, 6) is -5.54. The number of aliphatic imine (C=N–C) groups is 1. The molecule has 1 radical (unpaired) electrons. The van der Waals surface area contributed by atoms with Crippen molar-refractivity contribution < 1.29 is 17.6 Å². The standard InChI is InChI=1S/C4H2F4N3/c5-2(6)4(7,8)3-9-1-10-11-3/h1-2H. The largest absolute Gasteiger partial charge is 0.367 e. The lowest BCUT2D eigenvalue weighted by Gasteiger charge is -2.10. The molecule has 0 aromatic rings. The third-order valence-electron chi connectivity index (χ3n) is 0.956. The molecular weight excluding hydrogens is 166 g/mol. The summed E-state index contributed by atoms with van der Waals surface area (Å²) in [6.07, 6.45) is -3.11. The number of rotatable bonds is 2. The first-order valence-electron chi connectivity index (χ1n) is 2.52. The molecule has 0 bridgehead atoms. The maximum atomic E-state index is 12.2. The zero-order valence-corrected chi connectivity index (χ0v) is 5.01. The van der Waals surface area contributed by atoms with E-state index >= 15 is 0 Å². The van der Waals surface area contributed by atoms with Gasteiger partial charge in [-0.2, -0.15) is 8.78 Å². The molecule has 3 nitrogen and oxygen atoms in total. The van der Waals surface area contributed by atoms with E-state index in [2.05, 4.69) is 15.5 Å². The minimum atomic E-state index is -4.30. The van der Waals surface area contributed by atoms with Crippen LogP contribution in [-0.4, -0.2) is 24.5 Å². The second-order valence-corrected chi connectivity index (χ2v) is 1.71. The highest BCUT2D eigenvalue weighted by Gasteiger charge is 2.47. The van der Waals surface area contributed by atoms with Crippen LogP contribution in [0.1, 0.15) is 0 Å². The molecule has 0 amide bonds. The summed E-state index contributed by atoms with van der Waals surface area (Å²) in [6.45, 7) is 0. The van der Waals surface area contributed by atoms with E-state index in [1.165, 1.54) is 0 Å². The van der Waals surface area contributed by atoms with Gasteiger partial charge in [-0.15, -0.1) is 10.5 Å². The second kappa shape index (κ2) is 2.48. The first kappa shape index (κ1) is 7.96. The van der Waals surface area contributed by atoms with Gasteiger partial charge in [0.1, 0.15) is 6.34 Å². The van der Waals surface area contributed by atoms with Crippen molar-refractivity contribution in [1.29, 1.82) is 0 Å². The number of nitrogens with zero attached hydrogens (tertiary/aromatic N) is 3. The quantitative estimate of drug-likeness (QED) is 0.548. The van der Waals surface area contributed by atoms with E-state index in [0.29, 0.717) is 6.34 Å². The second-order valence-electron chi connectivity index (χ2n) is 1.71. The first-order valence-corrected chi connectivity index (χ1v) is 2.52. The van der Waals surface area contributed by atoms with Crippen LogP contribution in [0.4, 0.5) is 17.6 Å². The van der Waals surface area contributed by atoms with Crippen LogP contribution >= 0.6 is 0 Å². The minimum absolute atomic E-state index is 0.686. The molecule has 0 N–H and O–H groups in total. The fraction of sp³-hybridized carbons (Fsp3) is 0.500. The SMILES string of the molecule is FC(F)C(F)(F)C1=N[N]C=N1. The molecule has 0 aromatic carbocycles. The van der Waals surface area contributed by atoms with Gasteiger partial charge in [-0.1, -0.05) is 0 Å². The lowest BCUT2D eigenvalue weighted by Crippen LogP contribution is -2.34. The first-order chi connectivity index (χ1) is 5.05. The fourth-order valence-corrected chi connectivity index (χ4v) is 0.437. The Morgan fingerprint density at radius 3 is 2.36 bits per heavy atom. The average Bonchev–Trinajstić information content (AvgIpc) is 2.37. The van der Waals surface area contributed by atoms with E-state index in [4.69, 9.17) is 0 Å². The summed E-state index contributed by atoms with van der Waals surface area (Å²) in [4.78, 5) is 2.86. The van der Waals surface area contributed by atoms with Crippen LogP contribution in [0, 0.1) is 0 Å². The van der Waals surface area contributed by atoms with Gasteiger partial charge < -0.3 is 0 Å². The molecule has 1 rings (SSSR count). The summed E-state index contributed by atoms with van der Waals surface area (Å²) in [5.41, 5.74) is 2.90. The number of halogens is 4. The van der Waals surface area contributed by atoms with Crippen molar-refractivity contribution in [3.05, 3.63) is 0 Å². The molecule has 0 spiro atoms. The van der Waals surface area contributed by atoms with E-state index in [-0.39, 0.29) is 0 Å². The highest BCUT2D eigenvalue weighted by molar-refractivity contribution is 5.97. The van der Waals surface area contributed by atoms with Crippen LogP contribution in [0.5, 0.6) is 0 Å². The van der Waals surface area contributed by atoms with Gasteiger partial charge in [-0.25, -0.2) is 13.8 Å². The highest BCUT2D eigenvalue weighted by Crippen LogP contribution is 2.25. The van der Waals surface area contributed by atoms with Gasteiger partial charge in [0.15, 0.2) is 0 Å². The summed E-state index contributed by atoms with van der Waals surface area (Å²) in [5, 5.41) is 2.72. The summed E-state index contributed by atoms with van der Waals surface area (Å²) in [6, 6.07) is 0. The average molecular weight is 168 g/mol. The molecule has 0 unspecified atom stereocenters. The summed E-state index contributed by atoms with van der Waals surface area (Å²) in [7, 11) is 0. The van der Waals surface area contributed by atoms with Gasteiger partial charge in [0, 0.05) is 0 Å². The number of alkyl halides is 4. The zero-order chi connectivity index (χ0) is 8.48. The van der Waals surface area contributed by atoms with Crippen LogP contribution in [0.15, 0.2) is 10.1 Å². The molecule has 1 aliphatic heterocycles. The topological polar surface area (TPSA) is 38.8 Å². The van der Waals surface area contributed by atoms with Crippen LogP contribution in [0.2, 0.25) is 0 Å². The van der Waals surface area contributed by atoms with E-state index in [1.54, 1.807) is 0 Å². The number of hydrogen-bond acceptors (Lipinski definition) is 2. The van der Waals surface area contributed by atoms with Crippen LogP contribution in [0.3, 0.4) is 0 Å². The van der Waals surface area contributed by atoms with Crippen LogP contribution in [0.25, 0.3) is 0 Å². The molecule has 0 atom stereocenters. The van der Waals surface area contributed by atoms with Crippen molar-refractivity contribution >= 4 is 12.2 Å². The van der Waals surface area contributed by atoms with Crippen molar-refractivity contribution in [2.75, 3.05) is 0 Å². The molecule has 0 aliphatic carbocycles. The number of hydrogen-bond donors (Lipinski definition) is 0. The molecule has 7 heteroatoms. The minimum Gasteiger partial charge on any atom is -0.212 e. The van der Waals surface area contributed by atoms with Gasteiger partial charge in [0.05, 0.1) is 0 Å². The normalized spacial score (nSPS) is 17.0. The highest BCUT2D eigenvalue weighted by atomic mass is 19.3. The predicted octanol–water partition coefficient (Wildman–Crippen LogP) is 0.847. The Balaban J connectivity index is 2.79. The van der Waals surface area contributed by atoms with E-state index < -0.39 is 18.2 Å². The van der Waals surface area contributed by atoms with Crippen LogP contribution in [-0.2, 0) is 0 Å². The molecule has 0 saturated carbocycles. The van der Waals surface area contributed by atoms with Gasteiger partial charge in [-0.3, -0.25) is 0 Å².